The highest BCUT2D eigenvalue weighted by atomic mass is 16.5. The van der Waals surface area contributed by atoms with Crippen LogP contribution in [0.1, 0.15) is 48.4 Å². The molecule has 3 aromatic rings. The Bertz CT molecular complexity index is 1020. The SMILES string of the molecule is COc1ccc(N2C(=O)c3ccccc3N[C@@H]2c2ccc(C(C)(C)C)cc2)cc1. The number of methoxy groups -OCH3 is 1. The van der Waals surface area contributed by atoms with Crippen LogP contribution in [-0.2, 0) is 5.41 Å². The van der Waals surface area contributed by atoms with Crippen molar-refractivity contribution in [1.29, 1.82) is 0 Å². The maximum absolute atomic E-state index is 13.4. The molecule has 0 bridgehead atoms. The summed E-state index contributed by atoms with van der Waals surface area (Å²) in [7, 11) is 1.64. The van der Waals surface area contributed by atoms with Gasteiger partial charge in [-0.05, 0) is 52.9 Å². The number of hydrogen-bond donors (Lipinski definition) is 1. The van der Waals surface area contributed by atoms with Crippen molar-refractivity contribution >= 4 is 17.3 Å². The number of nitrogens with one attached hydrogen (secondary N) is 1. The Morgan fingerprint density at radius 2 is 1.55 bits per heavy atom. The van der Waals surface area contributed by atoms with Crippen LogP contribution < -0.4 is 15.0 Å². The molecule has 0 saturated carbocycles. The number of benzene rings is 3. The van der Waals surface area contributed by atoms with E-state index < -0.39 is 0 Å². The Labute approximate surface area is 172 Å². The number of para-hydroxylation sites is 1. The first-order valence-electron chi connectivity index (χ1n) is 9.82. The molecule has 3 aromatic carbocycles. The fourth-order valence-electron chi connectivity index (χ4n) is 3.66. The average Bonchev–Trinajstić information content (AvgIpc) is 2.73. The molecule has 0 radical (unpaired) electrons. The molecule has 0 unspecified atom stereocenters. The zero-order valence-electron chi connectivity index (χ0n) is 17.3. The van der Waals surface area contributed by atoms with Gasteiger partial charge in [0.15, 0.2) is 0 Å². The molecule has 0 aromatic heterocycles. The van der Waals surface area contributed by atoms with Gasteiger partial charge in [0.1, 0.15) is 11.9 Å². The molecular weight excluding hydrogens is 360 g/mol. The van der Waals surface area contributed by atoms with Crippen LogP contribution in [-0.4, -0.2) is 13.0 Å². The Kier molecular flexibility index (Phi) is 4.79. The van der Waals surface area contributed by atoms with Crippen LogP contribution in [0, 0.1) is 0 Å². The summed E-state index contributed by atoms with van der Waals surface area (Å²) in [6.45, 7) is 6.60. The van der Waals surface area contributed by atoms with Crippen LogP contribution in [0.5, 0.6) is 5.75 Å². The molecule has 29 heavy (non-hydrogen) atoms. The highest BCUT2D eigenvalue weighted by Gasteiger charge is 2.34. The third kappa shape index (κ3) is 3.58. The second-order valence-corrected chi connectivity index (χ2v) is 8.34. The number of hydrogen-bond acceptors (Lipinski definition) is 3. The van der Waals surface area contributed by atoms with Crippen molar-refractivity contribution in [3.8, 4) is 5.75 Å². The quantitative estimate of drug-likeness (QED) is 0.622. The van der Waals surface area contributed by atoms with E-state index in [1.165, 1.54) is 5.56 Å². The molecule has 4 rings (SSSR count). The van der Waals surface area contributed by atoms with Gasteiger partial charge in [-0.1, -0.05) is 57.2 Å². The molecule has 1 N–H and O–H groups in total. The summed E-state index contributed by atoms with van der Waals surface area (Å²) >= 11 is 0. The summed E-state index contributed by atoms with van der Waals surface area (Å²) in [5.41, 5.74) is 4.73. The normalized spacial score (nSPS) is 16.2. The van der Waals surface area contributed by atoms with E-state index >= 15 is 0 Å². The molecule has 1 amide bonds. The number of fused-ring (bicyclic) bond motifs is 1. The molecule has 0 spiro atoms. The number of anilines is 2. The zero-order chi connectivity index (χ0) is 20.6. The molecule has 4 heteroatoms. The number of rotatable bonds is 3. The molecular formula is C25H26N2O2. The van der Waals surface area contributed by atoms with Gasteiger partial charge in [0.25, 0.3) is 5.91 Å². The van der Waals surface area contributed by atoms with Gasteiger partial charge in [0, 0.05) is 11.4 Å². The van der Waals surface area contributed by atoms with Crippen LogP contribution in [0.25, 0.3) is 0 Å². The third-order valence-corrected chi connectivity index (χ3v) is 5.37. The lowest BCUT2D eigenvalue weighted by molar-refractivity contribution is 0.0975. The summed E-state index contributed by atoms with van der Waals surface area (Å²) in [6.07, 6.45) is -0.292. The molecule has 0 aliphatic carbocycles. The fourth-order valence-corrected chi connectivity index (χ4v) is 3.66. The van der Waals surface area contributed by atoms with Gasteiger partial charge >= 0.3 is 0 Å². The van der Waals surface area contributed by atoms with E-state index in [0.717, 1.165) is 22.7 Å². The van der Waals surface area contributed by atoms with Crippen molar-refractivity contribution in [2.24, 2.45) is 0 Å². The van der Waals surface area contributed by atoms with Gasteiger partial charge in [-0.2, -0.15) is 0 Å². The van der Waals surface area contributed by atoms with Gasteiger partial charge < -0.3 is 10.1 Å². The second kappa shape index (κ2) is 7.28. The standard InChI is InChI=1S/C25H26N2O2/c1-25(2,3)18-11-9-17(10-12-18)23-26-22-8-6-5-7-21(22)24(28)27(23)19-13-15-20(29-4)16-14-19/h5-16,23,26H,1-4H3/t23-/m0/s1. The number of carbonyl (C=O) groups is 1. The molecule has 1 atom stereocenters. The Balaban J connectivity index is 1.79. The summed E-state index contributed by atoms with van der Waals surface area (Å²) in [6, 6.07) is 23.8. The van der Waals surface area contributed by atoms with E-state index in [0.29, 0.717) is 5.56 Å². The smallest absolute Gasteiger partial charge is 0.262 e. The van der Waals surface area contributed by atoms with Gasteiger partial charge in [-0.3, -0.25) is 9.69 Å². The van der Waals surface area contributed by atoms with Crippen molar-refractivity contribution in [1.82, 2.24) is 0 Å². The third-order valence-electron chi connectivity index (χ3n) is 5.37. The summed E-state index contributed by atoms with van der Waals surface area (Å²) in [4.78, 5) is 15.2. The van der Waals surface area contributed by atoms with Crippen molar-refractivity contribution in [2.45, 2.75) is 32.4 Å². The minimum absolute atomic E-state index is 0.0191. The Morgan fingerprint density at radius 1 is 0.897 bits per heavy atom. The lowest BCUT2D eigenvalue weighted by atomic mass is 9.86. The predicted molar refractivity (Wildman–Crippen MR) is 118 cm³/mol. The van der Waals surface area contributed by atoms with E-state index in [-0.39, 0.29) is 17.5 Å². The lowest BCUT2D eigenvalue weighted by Crippen LogP contribution is -2.43. The van der Waals surface area contributed by atoms with Crippen LogP contribution in [0.4, 0.5) is 11.4 Å². The maximum atomic E-state index is 13.4. The van der Waals surface area contributed by atoms with Crippen LogP contribution >= 0.6 is 0 Å². The minimum Gasteiger partial charge on any atom is -0.497 e. The number of carbonyl (C=O) groups excluding carboxylic acids is 1. The van der Waals surface area contributed by atoms with Gasteiger partial charge in [-0.15, -0.1) is 0 Å². The first-order chi connectivity index (χ1) is 13.9. The van der Waals surface area contributed by atoms with Crippen molar-refractivity contribution in [3.63, 3.8) is 0 Å². The highest BCUT2D eigenvalue weighted by molar-refractivity contribution is 6.12. The molecule has 1 heterocycles. The Hall–Kier alpha value is -3.27. The zero-order valence-corrected chi connectivity index (χ0v) is 17.3. The maximum Gasteiger partial charge on any atom is 0.262 e. The van der Waals surface area contributed by atoms with Crippen molar-refractivity contribution < 1.29 is 9.53 Å². The van der Waals surface area contributed by atoms with E-state index in [1.807, 2.05) is 53.4 Å². The summed E-state index contributed by atoms with van der Waals surface area (Å²) in [5.74, 6) is 0.743. The van der Waals surface area contributed by atoms with Gasteiger partial charge in [0.05, 0.1) is 12.7 Å². The minimum atomic E-state index is -0.292. The highest BCUT2D eigenvalue weighted by Crippen LogP contribution is 2.37. The molecule has 1 aliphatic rings. The van der Waals surface area contributed by atoms with Gasteiger partial charge in [-0.25, -0.2) is 0 Å². The first kappa shape index (κ1) is 19.1. The number of amides is 1. The summed E-state index contributed by atoms with van der Waals surface area (Å²) in [5, 5.41) is 3.55. The van der Waals surface area contributed by atoms with E-state index in [1.54, 1.807) is 7.11 Å². The Morgan fingerprint density at radius 3 is 2.17 bits per heavy atom. The molecule has 4 nitrogen and oxygen atoms in total. The van der Waals surface area contributed by atoms with Crippen LogP contribution in [0.3, 0.4) is 0 Å². The largest absolute Gasteiger partial charge is 0.497 e. The first-order valence-corrected chi connectivity index (χ1v) is 9.82. The number of nitrogens with zero attached hydrogens (tertiary/aromatic N) is 1. The van der Waals surface area contributed by atoms with Crippen LogP contribution in [0.2, 0.25) is 0 Å². The summed E-state index contributed by atoms with van der Waals surface area (Å²) < 4.78 is 5.28. The number of ether oxygens (including phenoxy) is 1. The fraction of sp³-hybridized carbons (Fsp3) is 0.240. The van der Waals surface area contributed by atoms with Crippen LogP contribution in [0.15, 0.2) is 72.8 Å². The lowest BCUT2D eigenvalue weighted by Gasteiger charge is -2.38. The molecule has 148 valence electrons. The van der Waals surface area contributed by atoms with Crippen molar-refractivity contribution in [3.05, 3.63) is 89.5 Å². The monoisotopic (exact) mass is 386 g/mol. The predicted octanol–water partition coefficient (Wildman–Crippen LogP) is 5.76. The second-order valence-electron chi connectivity index (χ2n) is 8.34. The van der Waals surface area contributed by atoms with Gasteiger partial charge in [0.2, 0.25) is 0 Å². The van der Waals surface area contributed by atoms with Crippen molar-refractivity contribution in [2.75, 3.05) is 17.3 Å². The van der Waals surface area contributed by atoms with E-state index in [2.05, 4.69) is 50.4 Å². The van der Waals surface area contributed by atoms with E-state index in [9.17, 15) is 4.79 Å². The molecule has 0 saturated heterocycles. The average molecular weight is 386 g/mol. The topological polar surface area (TPSA) is 41.6 Å². The molecule has 1 aliphatic heterocycles. The van der Waals surface area contributed by atoms with E-state index in [4.69, 9.17) is 4.74 Å². The molecule has 0 fully saturated rings.